The van der Waals surface area contributed by atoms with Gasteiger partial charge in [-0.2, -0.15) is 0 Å². The second-order valence-corrected chi connectivity index (χ2v) is 7.78. The highest BCUT2D eigenvalue weighted by Gasteiger charge is 2.27. The van der Waals surface area contributed by atoms with Crippen molar-refractivity contribution in [1.29, 1.82) is 0 Å². The first-order valence-electron chi connectivity index (χ1n) is 11.5. The van der Waals surface area contributed by atoms with Crippen LogP contribution in [0.4, 0.5) is 0 Å². The lowest BCUT2D eigenvalue weighted by atomic mass is 9.93. The topological polar surface area (TPSA) is 87.3 Å². The predicted molar refractivity (Wildman–Crippen MR) is 122 cm³/mol. The van der Waals surface area contributed by atoms with Gasteiger partial charge >= 0.3 is 0 Å². The fourth-order valence-corrected chi connectivity index (χ4v) is 3.66. The lowest BCUT2D eigenvalue weighted by molar-refractivity contribution is -0.119. The number of ether oxygens (including phenoxy) is 2. The molecule has 1 heterocycles. The average molecular weight is 420 g/mol. The van der Waals surface area contributed by atoms with Gasteiger partial charge in [0.1, 0.15) is 6.33 Å². The van der Waals surface area contributed by atoms with Crippen molar-refractivity contribution in [3.63, 3.8) is 0 Å². The van der Waals surface area contributed by atoms with Crippen molar-refractivity contribution in [2.45, 2.75) is 96.3 Å². The van der Waals surface area contributed by atoms with Crippen molar-refractivity contribution in [1.82, 2.24) is 9.97 Å². The third-order valence-electron chi connectivity index (χ3n) is 5.39. The van der Waals surface area contributed by atoms with Gasteiger partial charge in [-0.25, -0.2) is 9.97 Å². The maximum atomic E-state index is 12.0. The number of nitrogens with zero attached hydrogens (tertiary/aromatic N) is 2. The molecule has 1 aromatic rings. The number of amides is 1. The Kier molecular flexibility index (Phi) is 14.4. The van der Waals surface area contributed by atoms with Crippen molar-refractivity contribution >= 4 is 5.91 Å². The Bertz CT molecular complexity index is 597. The van der Waals surface area contributed by atoms with E-state index < -0.39 is 11.8 Å². The van der Waals surface area contributed by atoms with E-state index in [9.17, 15) is 4.79 Å². The molecule has 0 aliphatic heterocycles. The van der Waals surface area contributed by atoms with E-state index in [1.54, 1.807) is 0 Å². The molecule has 1 rings (SSSR count). The third kappa shape index (κ3) is 10.1. The average Bonchev–Trinajstić information content (AvgIpc) is 2.75. The molecule has 1 atom stereocenters. The summed E-state index contributed by atoms with van der Waals surface area (Å²) in [6, 6.07) is 0. The van der Waals surface area contributed by atoms with Crippen molar-refractivity contribution in [3.8, 4) is 11.8 Å². The van der Waals surface area contributed by atoms with Gasteiger partial charge in [0.05, 0.1) is 25.7 Å². The lowest BCUT2D eigenvalue weighted by Gasteiger charge is -2.18. The molecule has 30 heavy (non-hydrogen) atoms. The van der Waals surface area contributed by atoms with Crippen LogP contribution in [0.15, 0.2) is 18.5 Å². The first-order chi connectivity index (χ1) is 14.7. The van der Waals surface area contributed by atoms with Crippen molar-refractivity contribution < 1.29 is 14.3 Å². The molecular weight excluding hydrogens is 378 g/mol. The van der Waals surface area contributed by atoms with Crippen molar-refractivity contribution in [2.24, 2.45) is 5.73 Å². The van der Waals surface area contributed by atoms with E-state index in [1.165, 1.54) is 71.9 Å². The Labute approximate surface area is 182 Å². The van der Waals surface area contributed by atoms with Gasteiger partial charge in [0.2, 0.25) is 17.7 Å². The summed E-state index contributed by atoms with van der Waals surface area (Å²) < 4.78 is 10.6. The van der Waals surface area contributed by atoms with Crippen molar-refractivity contribution in [2.75, 3.05) is 14.2 Å². The van der Waals surface area contributed by atoms with E-state index in [-0.39, 0.29) is 0 Å². The summed E-state index contributed by atoms with van der Waals surface area (Å²) >= 11 is 0. The van der Waals surface area contributed by atoms with Crippen LogP contribution in [-0.4, -0.2) is 30.1 Å². The number of carbonyl (C=O) groups is 1. The van der Waals surface area contributed by atoms with Gasteiger partial charge in [-0.3, -0.25) is 4.79 Å². The zero-order chi connectivity index (χ0) is 22.0. The summed E-state index contributed by atoms with van der Waals surface area (Å²) in [4.78, 5) is 20.2. The Hall–Kier alpha value is -2.11. The molecule has 0 spiro atoms. The maximum Gasteiger partial charge on any atom is 0.225 e. The second kappa shape index (κ2) is 16.7. The van der Waals surface area contributed by atoms with Crippen LogP contribution in [0, 0.1) is 0 Å². The fourth-order valence-electron chi connectivity index (χ4n) is 3.66. The normalized spacial score (nSPS) is 12.2. The van der Waals surface area contributed by atoms with Crippen LogP contribution in [0.5, 0.6) is 11.8 Å². The highest BCUT2D eigenvalue weighted by Crippen LogP contribution is 2.34. The number of unbranched alkanes of at least 4 members (excludes halogenated alkanes) is 10. The Morgan fingerprint density at radius 1 is 0.900 bits per heavy atom. The highest BCUT2D eigenvalue weighted by atomic mass is 16.5. The number of rotatable bonds is 18. The van der Waals surface area contributed by atoms with Crippen LogP contribution < -0.4 is 15.2 Å². The summed E-state index contributed by atoms with van der Waals surface area (Å²) in [7, 11) is 3.03. The first kappa shape index (κ1) is 25.9. The summed E-state index contributed by atoms with van der Waals surface area (Å²) in [5.41, 5.74) is 6.20. The van der Waals surface area contributed by atoms with Crippen LogP contribution >= 0.6 is 0 Å². The van der Waals surface area contributed by atoms with Crippen LogP contribution in [0.2, 0.25) is 0 Å². The van der Waals surface area contributed by atoms with Crippen molar-refractivity contribution in [3.05, 3.63) is 24.0 Å². The van der Waals surface area contributed by atoms with E-state index in [2.05, 4.69) is 29.0 Å². The Balaban J connectivity index is 2.26. The Morgan fingerprint density at radius 3 is 1.90 bits per heavy atom. The number of aromatic nitrogens is 2. The minimum atomic E-state index is -0.506. The van der Waals surface area contributed by atoms with Crippen LogP contribution in [0.25, 0.3) is 0 Å². The standard InChI is InChI=1S/C24H41N3O3/c1-4-5-6-7-8-9-10-11-12-13-14-15-16-17-18-20(22(25)28)21-23(29-2)26-19-27-24(21)30-3/h11-12,19-20H,4-10,13-18H2,1-3H3,(H2,25,28)/b12-11+. The molecule has 0 aromatic carbocycles. The molecule has 0 aliphatic rings. The molecule has 1 unspecified atom stereocenters. The molecule has 2 N–H and O–H groups in total. The lowest BCUT2D eigenvalue weighted by Crippen LogP contribution is -2.23. The fraction of sp³-hybridized carbons (Fsp3) is 0.708. The molecular formula is C24H41N3O3. The van der Waals surface area contributed by atoms with E-state index in [0.29, 0.717) is 23.7 Å². The molecule has 6 heteroatoms. The van der Waals surface area contributed by atoms with Gasteiger partial charge < -0.3 is 15.2 Å². The number of methoxy groups -OCH3 is 2. The zero-order valence-corrected chi connectivity index (χ0v) is 19.2. The molecule has 0 radical (unpaired) electrons. The molecule has 0 saturated carbocycles. The number of hydrogen-bond donors (Lipinski definition) is 1. The second-order valence-electron chi connectivity index (χ2n) is 7.78. The zero-order valence-electron chi connectivity index (χ0n) is 19.2. The van der Waals surface area contributed by atoms with Crippen LogP contribution in [-0.2, 0) is 4.79 Å². The molecule has 0 bridgehead atoms. The molecule has 170 valence electrons. The van der Waals surface area contributed by atoms with Gasteiger partial charge in [0, 0.05) is 0 Å². The largest absolute Gasteiger partial charge is 0.481 e. The molecule has 0 aliphatic carbocycles. The minimum absolute atomic E-state index is 0.348. The first-order valence-corrected chi connectivity index (χ1v) is 11.5. The SMILES string of the molecule is CCCCCCCC/C=C/CCCCCCC(C(N)=O)c1c(OC)ncnc1OC. The smallest absolute Gasteiger partial charge is 0.225 e. The molecule has 1 aromatic heterocycles. The van der Waals surface area contributed by atoms with Gasteiger partial charge in [0.15, 0.2) is 0 Å². The quantitative estimate of drug-likeness (QED) is 0.243. The van der Waals surface area contributed by atoms with Gasteiger partial charge in [-0.05, 0) is 32.1 Å². The Morgan fingerprint density at radius 2 is 1.40 bits per heavy atom. The number of hydrogen-bond acceptors (Lipinski definition) is 5. The number of carbonyl (C=O) groups excluding carboxylic acids is 1. The van der Waals surface area contributed by atoms with Crippen LogP contribution in [0.1, 0.15) is 102 Å². The predicted octanol–water partition coefficient (Wildman–Crippen LogP) is 5.71. The van der Waals surface area contributed by atoms with E-state index in [0.717, 1.165) is 25.7 Å². The van der Waals surface area contributed by atoms with E-state index in [4.69, 9.17) is 15.2 Å². The van der Waals surface area contributed by atoms with Gasteiger partial charge in [-0.1, -0.05) is 70.4 Å². The van der Waals surface area contributed by atoms with Gasteiger partial charge in [0.25, 0.3) is 0 Å². The molecule has 6 nitrogen and oxygen atoms in total. The molecule has 1 amide bonds. The van der Waals surface area contributed by atoms with Gasteiger partial charge in [-0.15, -0.1) is 0 Å². The summed E-state index contributed by atoms with van der Waals surface area (Å²) in [6.45, 7) is 2.26. The summed E-state index contributed by atoms with van der Waals surface area (Å²) in [5.74, 6) is -0.213. The number of primary amides is 1. The number of nitrogens with two attached hydrogens (primary N) is 1. The van der Waals surface area contributed by atoms with Crippen LogP contribution in [0.3, 0.4) is 0 Å². The summed E-state index contributed by atoms with van der Waals surface area (Å²) in [6.07, 6.45) is 21.4. The minimum Gasteiger partial charge on any atom is -0.481 e. The molecule has 0 saturated heterocycles. The summed E-state index contributed by atoms with van der Waals surface area (Å²) in [5, 5.41) is 0. The monoisotopic (exact) mass is 419 g/mol. The number of allylic oxidation sites excluding steroid dienone is 2. The van der Waals surface area contributed by atoms with E-state index >= 15 is 0 Å². The highest BCUT2D eigenvalue weighted by molar-refractivity contribution is 5.83. The molecule has 0 fully saturated rings. The van der Waals surface area contributed by atoms with E-state index in [1.807, 2.05) is 0 Å². The third-order valence-corrected chi connectivity index (χ3v) is 5.39. The maximum absolute atomic E-state index is 12.0.